The van der Waals surface area contributed by atoms with Crippen LogP contribution in [0.4, 0.5) is 9.39 Å². The standard InChI is InChI=1S/C19H19FN2O4S/c1-10-7-15(22-17(23)12-3-2-4-13(20)9-12)27-16(10)18(24)21-14(19(25)26)8-11-5-6-11/h2-4,7,9,11,14H,5-6,8H2,1H3,(H,21,24)(H,22,23)(H,25,26). The molecule has 142 valence electrons. The summed E-state index contributed by atoms with van der Waals surface area (Å²) in [5.74, 6) is -2.17. The number of aryl methyl sites for hydroxylation is 1. The van der Waals surface area contributed by atoms with Crippen LogP contribution in [0.1, 0.15) is 44.9 Å². The molecule has 2 amide bonds. The minimum absolute atomic E-state index is 0.169. The van der Waals surface area contributed by atoms with Crippen LogP contribution in [0.5, 0.6) is 0 Å². The second-order valence-electron chi connectivity index (χ2n) is 6.63. The lowest BCUT2D eigenvalue weighted by Gasteiger charge is -2.13. The lowest BCUT2D eigenvalue weighted by molar-refractivity contribution is -0.139. The molecule has 1 atom stereocenters. The summed E-state index contributed by atoms with van der Waals surface area (Å²) in [5.41, 5.74) is 0.796. The molecule has 0 saturated heterocycles. The number of nitrogens with one attached hydrogen (secondary N) is 2. The predicted octanol–water partition coefficient (Wildman–Crippen LogP) is 3.43. The first-order valence-corrected chi connectivity index (χ1v) is 9.36. The number of thiophene rings is 1. The summed E-state index contributed by atoms with van der Waals surface area (Å²) in [7, 11) is 0. The van der Waals surface area contributed by atoms with E-state index >= 15 is 0 Å². The molecular weight excluding hydrogens is 371 g/mol. The molecule has 27 heavy (non-hydrogen) atoms. The number of carbonyl (C=O) groups is 3. The maximum atomic E-state index is 13.2. The number of amides is 2. The van der Waals surface area contributed by atoms with E-state index in [4.69, 9.17) is 0 Å². The molecule has 0 bridgehead atoms. The van der Waals surface area contributed by atoms with Gasteiger partial charge in [0.05, 0.1) is 9.88 Å². The van der Waals surface area contributed by atoms with Gasteiger partial charge in [0.1, 0.15) is 11.9 Å². The number of anilines is 1. The Morgan fingerprint density at radius 3 is 2.63 bits per heavy atom. The second-order valence-corrected chi connectivity index (χ2v) is 7.68. The third-order valence-electron chi connectivity index (χ3n) is 4.32. The van der Waals surface area contributed by atoms with Crippen LogP contribution in [0.2, 0.25) is 0 Å². The molecule has 1 unspecified atom stereocenters. The Balaban J connectivity index is 1.68. The summed E-state index contributed by atoms with van der Waals surface area (Å²) in [6, 6.07) is 6.01. The lowest BCUT2D eigenvalue weighted by Crippen LogP contribution is -2.41. The molecule has 1 aliphatic rings. The zero-order valence-corrected chi connectivity index (χ0v) is 15.4. The van der Waals surface area contributed by atoms with Crippen LogP contribution >= 0.6 is 11.3 Å². The molecular formula is C19H19FN2O4S. The molecule has 1 aliphatic carbocycles. The van der Waals surface area contributed by atoms with Gasteiger partial charge in [0.15, 0.2) is 0 Å². The summed E-state index contributed by atoms with van der Waals surface area (Å²) < 4.78 is 13.2. The molecule has 0 spiro atoms. The van der Waals surface area contributed by atoms with Crippen molar-refractivity contribution in [2.24, 2.45) is 5.92 Å². The van der Waals surface area contributed by atoms with Crippen LogP contribution in [0.3, 0.4) is 0 Å². The second kappa shape index (κ2) is 7.87. The van der Waals surface area contributed by atoms with Crippen molar-refractivity contribution in [3.63, 3.8) is 0 Å². The molecule has 2 aromatic rings. The van der Waals surface area contributed by atoms with Gasteiger partial charge in [-0.15, -0.1) is 11.3 Å². The summed E-state index contributed by atoms with van der Waals surface area (Å²) in [5, 5.41) is 14.9. The van der Waals surface area contributed by atoms with E-state index in [9.17, 15) is 23.9 Å². The fraction of sp³-hybridized carbons (Fsp3) is 0.316. The van der Waals surface area contributed by atoms with Gasteiger partial charge in [-0.2, -0.15) is 0 Å². The molecule has 8 heteroatoms. The highest BCUT2D eigenvalue weighted by Gasteiger charge is 2.31. The average Bonchev–Trinajstić information content (AvgIpc) is 3.35. The van der Waals surface area contributed by atoms with E-state index in [1.807, 2.05) is 0 Å². The highest BCUT2D eigenvalue weighted by Crippen LogP contribution is 2.34. The number of hydrogen-bond donors (Lipinski definition) is 3. The molecule has 1 fully saturated rings. The third-order valence-corrected chi connectivity index (χ3v) is 5.47. The van der Waals surface area contributed by atoms with Gasteiger partial charge in [-0.25, -0.2) is 9.18 Å². The summed E-state index contributed by atoms with van der Waals surface area (Å²) in [6.45, 7) is 1.71. The van der Waals surface area contributed by atoms with E-state index in [-0.39, 0.29) is 5.56 Å². The molecule has 0 radical (unpaired) electrons. The van der Waals surface area contributed by atoms with Gasteiger partial charge >= 0.3 is 5.97 Å². The fourth-order valence-electron chi connectivity index (χ4n) is 2.72. The van der Waals surface area contributed by atoms with Crippen LogP contribution in [0.25, 0.3) is 0 Å². The van der Waals surface area contributed by atoms with Gasteiger partial charge in [-0.05, 0) is 49.1 Å². The molecule has 3 N–H and O–H groups in total. The van der Waals surface area contributed by atoms with Crippen molar-refractivity contribution < 1.29 is 23.9 Å². The number of halogens is 1. The van der Waals surface area contributed by atoms with Crippen LogP contribution in [-0.4, -0.2) is 28.9 Å². The van der Waals surface area contributed by atoms with Crippen molar-refractivity contribution in [3.05, 3.63) is 52.2 Å². The minimum atomic E-state index is -1.05. The van der Waals surface area contributed by atoms with Gasteiger partial charge in [0, 0.05) is 5.56 Å². The minimum Gasteiger partial charge on any atom is -0.480 e. The SMILES string of the molecule is Cc1cc(NC(=O)c2cccc(F)c2)sc1C(=O)NC(CC1CC1)C(=O)O. The molecule has 3 rings (SSSR count). The van der Waals surface area contributed by atoms with Crippen LogP contribution in [-0.2, 0) is 4.79 Å². The zero-order valence-electron chi connectivity index (χ0n) is 14.6. The zero-order chi connectivity index (χ0) is 19.6. The number of carboxylic acids is 1. The lowest BCUT2D eigenvalue weighted by atomic mass is 10.1. The smallest absolute Gasteiger partial charge is 0.326 e. The largest absolute Gasteiger partial charge is 0.480 e. The first-order chi connectivity index (χ1) is 12.8. The Bertz CT molecular complexity index is 892. The van der Waals surface area contributed by atoms with E-state index in [0.717, 1.165) is 30.2 Å². The van der Waals surface area contributed by atoms with Crippen molar-refractivity contribution in [1.29, 1.82) is 0 Å². The van der Waals surface area contributed by atoms with Crippen molar-refractivity contribution >= 4 is 34.1 Å². The number of carbonyl (C=O) groups excluding carboxylic acids is 2. The van der Waals surface area contributed by atoms with E-state index in [0.29, 0.717) is 27.8 Å². The van der Waals surface area contributed by atoms with Crippen LogP contribution in [0, 0.1) is 18.7 Å². The predicted molar refractivity (Wildman–Crippen MR) is 99.6 cm³/mol. The third kappa shape index (κ3) is 4.91. The molecule has 0 aliphatic heterocycles. The Labute approximate surface area is 159 Å². The number of rotatable bonds is 7. The van der Waals surface area contributed by atoms with Gasteiger partial charge in [-0.1, -0.05) is 18.9 Å². The van der Waals surface area contributed by atoms with Gasteiger partial charge < -0.3 is 15.7 Å². The number of aliphatic carboxylic acids is 1. The van der Waals surface area contributed by atoms with Gasteiger partial charge in [0.2, 0.25) is 0 Å². The maximum Gasteiger partial charge on any atom is 0.326 e. The average molecular weight is 390 g/mol. The van der Waals surface area contributed by atoms with Gasteiger partial charge in [-0.3, -0.25) is 9.59 Å². The van der Waals surface area contributed by atoms with Crippen LogP contribution in [0.15, 0.2) is 30.3 Å². The number of carboxylic acid groups (broad SMARTS) is 1. The summed E-state index contributed by atoms with van der Waals surface area (Å²) >= 11 is 1.05. The summed E-state index contributed by atoms with van der Waals surface area (Å²) in [4.78, 5) is 36.4. The van der Waals surface area contributed by atoms with Crippen molar-refractivity contribution in [1.82, 2.24) is 5.32 Å². The Hall–Kier alpha value is -2.74. The highest BCUT2D eigenvalue weighted by atomic mass is 32.1. The number of benzene rings is 1. The first kappa shape index (κ1) is 19.0. The highest BCUT2D eigenvalue weighted by molar-refractivity contribution is 7.18. The van der Waals surface area contributed by atoms with E-state index in [2.05, 4.69) is 10.6 Å². The maximum absolute atomic E-state index is 13.2. The monoisotopic (exact) mass is 390 g/mol. The molecule has 1 aromatic heterocycles. The quantitative estimate of drug-likeness (QED) is 0.675. The van der Waals surface area contributed by atoms with Gasteiger partial charge in [0.25, 0.3) is 11.8 Å². The molecule has 1 saturated carbocycles. The first-order valence-electron chi connectivity index (χ1n) is 8.54. The van der Waals surface area contributed by atoms with Crippen LogP contribution < -0.4 is 10.6 Å². The fourth-order valence-corrected chi connectivity index (χ4v) is 3.69. The Morgan fingerprint density at radius 2 is 2.00 bits per heavy atom. The van der Waals surface area contributed by atoms with Crippen molar-refractivity contribution in [2.45, 2.75) is 32.2 Å². The van der Waals surface area contributed by atoms with E-state index < -0.39 is 29.6 Å². The Kier molecular flexibility index (Phi) is 5.55. The topological polar surface area (TPSA) is 95.5 Å². The summed E-state index contributed by atoms with van der Waals surface area (Å²) in [6.07, 6.45) is 2.41. The normalized spacial score (nSPS) is 14.4. The molecule has 1 aromatic carbocycles. The van der Waals surface area contributed by atoms with Crippen molar-refractivity contribution in [3.8, 4) is 0 Å². The number of hydrogen-bond acceptors (Lipinski definition) is 4. The van der Waals surface area contributed by atoms with E-state index in [1.54, 1.807) is 13.0 Å². The van der Waals surface area contributed by atoms with E-state index in [1.165, 1.54) is 18.2 Å². The molecule has 6 nitrogen and oxygen atoms in total. The Morgan fingerprint density at radius 1 is 1.26 bits per heavy atom. The van der Waals surface area contributed by atoms with Crippen molar-refractivity contribution in [2.75, 3.05) is 5.32 Å². The molecule has 1 heterocycles.